The Balaban J connectivity index is 2.10. The van der Waals surface area contributed by atoms with Crippen molar-refractivity contribution >= 4 is 35.0 Å². The molecule has 84 valence electrons. The summed E-state index contributed by atoms with van der Waals surface area (Å²) in [5.74, 6) is 0.681. The predicted molar refractivity (Wildman–Crippen MR) is 71.6 cm³/mol. The van der Waals surface area contributed by atoms with Gasteiger partial charge >= 0.3 is 0 Å². The van der Waals surface area contributed by atoms with Gasteiger partial charge in [-0.25, -0.2) is 4.99 Å². The van der Waals surface area contributed by atoms with E-state index in [1.54, 1.807) is 17.8 Å². The standard InChI is InChI=1S/C13H8ClNOS/c14-10-4-2-1-3-8(10)11-7-12-9(5-6-17-12)13(16)15-11/h1-5,7H,6H2. The fraction of sp³-hybridized carbons (Fsp3) is 0.0769. The average Bonchev–Trinajstić information content (AvgIpc) is 2.78. The monoisotopic (exact) mass is 261 g/mol. The van der Waals surface area contributed by atoms with E-state index in [9.17, 15) is 4.79 Å². The molecule has 1 amide bonds. The fourth-order valence-electron chi connectivity index (χ4n) is 1.84. The van der Waals surface area contributed by atoms with Crippen LogP contribution in [-0.4, -0.2) is 17.4 Å². The van der Waals surface area contributed by atoms with Crippen LogP contribution in [0.25, 0.3) is 0 Å². The van der Waals surface area contributed by atoms with E-state index in [0.717, 1.165) is 21.8 Å². The van der Waals surface area contributed by atoms with Gasteiger partial charge in [-0.3, -0.25) is 4.79 Å². The van der Waals surface area contributed by atoms with Crippen molar-refractivity contribution < 1.29 is 4.79 Å². The van der Waals surface area contributed by atoms with E-state index < -0.39 is 0 Å². The molecule has 3 rings (SSSR count). The third-order valence-corrected chi connectivity index (χ3v) is 3.97. The van der Waals surface area contributed by atoms with Crippen LogP contribution < -0.4 is 0 Å². The van der Waals surface area contributed by atoms with E-state index in [-0.39, 0.29) is 5.91 Å². The molecule has 0 atom stereocenters. The fourth-order valence-corrected chi connectivity index (χ4v) is 3.02. The summed E-state index contributed by atoms with van der Waals surface area (Å²) in [5, 5.41) is 0.617. The van der Waals surface area contributed by atoms with Gasteiger partial charge in [-0.15, -0.1) is 11.8 Å². The number of hydrogen-bond donors (Lipinski definition) is 0. The van der Waals surface area contributed by atoms with Gasteiger partial charge in [0.25, 0.3) is 5.91 Å². The summed E-state index contributed by atoms with van der Waals surface area (Å²) in [6.07, 6.45) is 3.86. The van der Waals surface area contributed by atoms with Crippen molar-refractivity contribution in [1.29, 1.82) is 0 Å². The van der Waals surface area contributed by atoms with Gasteiger partial charge in [0.05, 0.1) is 11.3 Å². The van der Waals surface area contributed by atoms with Crippen molar-refractivity contribution in [3.8, 4) is 0 Å². The number of halogens is 1. The number of allylic oxidation sites excluding steroid dienone is 1. The lowest BCUT2D eigenvalue weighted by Crippen LogP contribution is -2.11. The van der Waals surface area contributed by atoms with Crippen LogP contribution in [0.1, 0.15) is 5.56 Å². The number of hydrogen-bond acceptors (Lipinski definition) is 2. The second kappa shape index (κ2) is 4.17. The Morgan fingerprint density at radius 1 is 1.29 bits per heavy atom. The summed E-state index contributed by atoms with van der Waals surface area (Å²) < 4.78 is 0. The lowest BCUT2D eigenvalue weighted by atomic mass is 10.0. The first-order valence-corrected chi connectivity index (χ1v) is 6.55. The number of thioether (sulfide) groups is 1. The number of amides is 1. The summed E-state index contributed by atoms with van der Waals surface area (Å²) in [6, 6.07) is 7.43. The van der Waals surface area contributed by atoms with Gasteiger partial charge < -0.3 is 0 Å². The smallest absolute Gasteiger partial charge is 0.267 e. The molecule has 4 heteroatoms. The third kappa shape index (κ3) is 1.85. The summed E-state index contributed by atoms with van der Waals surface area (Å²) >= 11 is 7.76. The molecular formula is C13H8ClNOS. The van der Waals surface area contributed by atoms with Crippen LogP contribution in [0.15, 0.2) is 51.9 Å². The molecule has 0 radical (unpaired) electrons. The quantitative estimate of drug-likeness (QED) is 0.777. The number of rotatable bonds is 1. The van der Waals surface area contributed by atoms with Crippen LogP contribution in [0.5, 0.6) is 0 Å². The number of nitrogens with zero attached hydrogens (tertiary/aromatic N) is 1. The van der Waals surface area contributed by atoms with Crippen molar-refractivity contribution in [2.75, 3.05) is 5.75 Å². The first-order valence-electron chi connectivity index (χ1n) is 5.18. The summed E-state index contributed by atoms with van der Waals surface area (Å²) in [5.41, 5.74) is 2.19. The minimum Gasteiger partial charge on any atom is -0.267 e. The van der Waals surface area contributed by atoms with Crippen molar-refractivity contribution in [3.63, 3.8) is 0 Å². The lowest BCUT2D eigenvalue weighted by molar-refractivity contribution is -0.114. The molecule has 2 heterocycles. The Morgan fingerprint density at radius 2 is 2.12 bits per heavy atom. The molecule has 0 aliphatic carbocycles. The van der Waals surface area contributed by atoms with Crippen LogP contribution in [0.2, 0.25) is 5.02 Å². The second-order valence-corrected chi connectivity index (χ2v) is 5.19. The lowest BCUT2D eigenvalue weighted by Gasteiger charge is -2.11. The minimum absolute atomic E-state index is 0.164. The molecule has 2 aliphatic rings. The Bertz CT molecular complexity index is 601. The molecule has 1 aromatic rings. The highest BCUT2D eigenvalue weighted by Gasteiger charge is 2.24. The van der Waals surface area contributed by atoms with Crippen molar-refractivity contribution in [2.45, 2.75) is 0 Å². The molecule has 17 heavy (non-hydrogen) atoms. The zero-order valence-corrected chi connectivity index (χ0v) is 10.4. The van der Waals surface area contributed by atoms with Crippen LogP contribution in [-0.2, 0) is 4.79 Å². The molecule has 2 aliphatic heterocycles. The maximum absolute atomic E-state index is 11.8. The highest BCUT2D eigenvalue weighted by Crippen LogP contribution is 2.35. The molecule has 0 bridgehead atoms. The predicted octanol–water partition coefficient (Wildman–Crippen LogP) is 3.23. The van der Waals surface area contributed by atoms with Gasteiger partial charge in [0.15, 0.2) is 0 Å². The number of carbonyl (C=O) groups is 1. The zero-order valence-electron chi connectivity index (χ0n) is 8.81. The highest BCUT2D eigenvalue weighted by molar-refractivity contribution is 8.03. The molecule has 1 aromatic carbocycles. The number of aliphatic imine (C=N–C) groups is 1. The SMILES string of the molecule is O=C1N=C(c2ccccc2Cl)C=C2SCC=C12. The maximum atomic E-state index is 11.8. The van der Waals surface area contributed by atoms with Crippen molar-refractivity contribution in [3.05, 3.63) is 57.5 Å². The van der Waals surface area contributed by atoms with Crippen molar-refractivity contribution in [1.82, 2.24) is 0 Å². The van der Waals surface area contributed by atoms with Crippen molar-refractivity contribution in [2.24, 2.45) is 4.99 Å². The first-order chi connectivity index (χ1) is 8.25. The van der Waals surface area contributed by atoms with E-state index in [4.69, 9.17) is 11.6 Å². The van der Waals surface area contributed by atoms with Crippen LogP contribution >= 0.6 is 23.4 Å². The Morgan fingerprint density at radius 3 is 2.94 bits per heavy atom. The number of carbonyl (C=O) groups excluding carboxylic acids is 1. The maximum Gasteiger partial charge on any atom is 0.278 e. The van der Waals surface area contributed by atoms with Gasteiger partial charge in [-0.1, -0.05) is 35.9 Å². The van der Waals surface area contributed by atoms with Crippen LogP contribution in [0, 0.1) is 0 Å². The number of benzene rings is 1. The van der Waals surface area contributed by atoms with Gasteiger partial charge in [0.1, 0.15) is 0 Å². The Hall–Kier alpha value is -1.32. The topological polar surface area (TPSA) is 29.4 Å². The molecule has 0 fully saturated rings. The zero-order chi connectivity index (χ0) is 11.8. The summed E-state index contributed by atoms with van der Waals surface area (Å²) in [6.45, 7) is 0. The minimum atomic E-state index is -0.164. The average molecular weight is 262 g/mol. The van der Waals surface area contributed by atoms with E-state index >= 15 is 0 Å². The van der Waals surface area contributed by atoms with Gasteiger partial charge in [0.2, 0.25) is 0 Å². The van der Waals surface area contributed by atoms with E-state index in [1.165, 1.54) is 0 Å². The van der Waals surface area contributed by atoms with Crippen LogP contribution in [0.3, 0.4) is 0 Å². The second-order valence-electron chi connectivity index (χ2n) is 3.72. The molecule has 2 nitrogen and oxygen atoms in total. The molecule has 0 spiro atoms. The number of fused-ring (bicyclic) bond motifs is 1. The molecule has 0 aromatic heterocycles. The van der Waals surface area contributed by atoms with Gasteiger partial charge in [-0.05, 0) is 12.1 Å². The molecule has 0 unspecified atom stereocenters. The van der Waals surface area contributed by atoms with Crippen LogP contribution in [0.4, 0.5) is 0 Å². The van der Waals surface area contributed by atoms with E-state index in [1.807, 2.05) is 30.4 Å². The first kappa shape index (κ1) is 10.8. The molecule has 0 N–H and O–H groups in total. The summed E-state index contributed by atoms with van der Waals surface area (Å²) in [7, 11) is 0. The van der Waals surface area contributed by atoms with Gasteiger partial charge in [0, 0.05) is 21.2 Å². The normalized spacial score (nSPS) is 18.4. The Kier molecular flexibility index (Phi) is 2.65. The van der Waals surface area contributed by atoms with E-state index in [0.29, 0.717) is 10.7 Å². The Labute approximate surface area is 108 Å². The van der Waals surface area contributed by atoms with Gasteiger partial charge in [-0.2, -0.15) is 0 Å². The third-order valence-electron chi connectivity index (χ3n) is 2.66. The number of dihydropyridines is 1. The van der Waals surface area contributed by atoms with E-state index in [2.05, 4.69) is 4.99 Å². The highest BCUT2D eigenvalue weighted by atomic mass is 35.5. The summed E-state index contributed by atoms with van der Waals surface area (Å²) in [4.78, 5) is 16.9. The largest absolute Gasteiger partial charge is 0.278 e. The molecule has 0 saturated heterocycles. The molecule has 0 saturated carbocycles. The molecular weight excluding hydrogens is 254 g/mol.